The molecule has 0 aliphatic heterocycles. The molecule has 0 heterocycles. The number of hydrogen-bond donors (Lipinski definition) is 0. The van der Waals surface area contributed by atoms with Crippen LogP contribution in [-0.4, -0.2) is 13.1 Å². The predicted molar refractivity (Wildman–Crippen MR) is 90.6 cm³/mol. The SMILES string of the molecule is COC(=O)Cc1ccc(OCc2ccc(Cl)cc2)c(CBr)c1. The zero-order valence-corrected chi connectivity index (χ0v) is 14.5. The van der Waals surface area contributed by atoms with Crippen molar-refractivity contribution in [3.63, 3.8) is 0 Å². The third-order valence-electron chi connectivity index (χ3n) is 3.15. The molecule has 0 aliphatic carbocycles. The van der Waals surface area contributed by atoms with Gasteiger partial charge in [0.15, 0.2) is 0 Å². The predicted octanol–water partition coefficient (Wildman–Crippen LogP) is 4.53. The summed E-state index contributed by atoms with van der Waals surface area (Å²) in [7, 11) is 1.39. The monoisotopic (exact) mass is 382 g/mol. The maximum Gasteiger partial charge on any atom is 0.309 e. The van der Waals surface area contributed by atoms with Crippen LogP contribution in [0.1, 0.15) is 16.7 Å². The van der Waals surface area contributed by atoms with Gasteiger partial charge in [0, 0.05) is 15.9 Å². The Hall–Kier alpha value is -1.52. The fourth-order valence-electron chi connectivity index (χ4n) is 1.97. The molecule has 116 valence electrons. The Labute approximate surface area is 143 Å². The minimum Gasteiger partial charge on any atom is -0.489 e. The molecule has 0 atom stereocenters. The summed E-state index contributed by atoms with van der Waals surface area (Å²) in [6.45, 7) is 0.466. The van der Waals surface area contributed by atoms with E-state index in [2.05, 4.69) is 20.7 Å². The summed E-state index contributed by atoms with van der Waals surface area (Å²) in [5.74, 6) is 0.538. The molecule has 0 spiro atoms. The van der Waals surface area contributed by atoms with E-state index in [9.17, 15) is 4.79 Å². The molecule has 0 aromatic heterocycles. The maximum absolute atomic E-state index is 11.3. The van der Waals surface area contributed by atoms with E-state index in [0.29, 0.717) is 17.0 Å². The fraction of sp³-hybridized carbons (Fsp3) is 0.235. The number of carbonyl (C=O) groups excluding carboxylic acids is 1. The lowest BCUT2D eigenvalue weighted by Crippen LogP contribution is -2.05. The van der Waals surface area contributed by atoms with Crippen molar-refractivity contribution in [3.8, 4) is 5.75 Å². The minimum absolute atomic E-state index is 0.254. The van der Waals surface area contributed by atoms with Gasteiger partial charge in [-0.1, -0.05) is 51.8 Å². The van der Waals surface area contributed by atoms with Crippen LogP contribution in [0.4, 0.5) is 0 Å². The Balaban J connectivity index is 2.07. The highest BCUT2D eigenvalue weighted by Crippen LogP contribution is 2.24. The molecular formula is C17H16BrClO3. The van der Waals surface area contributed by atoms with Crippen LogP contribution in [0.2, 0.25) is 5.02 Å². The summed E-state index contributed by atoms with van der Waals surface area (Å²) in [5.41, 5.74) is 2.94. The van der Waals surface area contributed by atoms with Crippen LogP contribution in [-0.2, 0) is 27.9 Å². The fourth-order valence-corrected chi connectivity index (χ4v) is 2.53. The number of benzene rings is 2. The number of hydrogen-bond acceptors (Lipinski definition) is 3. The molecule has 0 fully saturated rings. The van der Waals surface area contributed by atoms with Crippen LogP contribution in [0.15, 0.2) is 42.5 Å². The van der Waals surface area contributed by atoms with E-state index < -0.39 is 0 Å². The zero-order chi connectivity index (χ0) is 15.9. The Morgan fingerprint density at radius 3 is 2.45 bits per heavy atom. The second-order valence-electron chi connectivity index (χ2n) is 4.74. The van der Waals surface area contributed by atoms with E-state index >= 15 is 0 Å². The Bertz CT molecular complexity index is 641. The summed E-state index contributed by atoms with van der Waals surface area (Å²) < 4.78 is 10.5. The van der Waals surface area contributed by atoms with Crippen molar-refractivity contribution in [1.29, 1.82) is 0 Å². The second-order valence-corrected chi connectivity index (χ2v) is 5.74. The highest BCUT2D eigenvalue weighted by Gasteiger charge is 2.08. The molecule has 0 radical (unpaired) electrons. The van der Waals surface area contributed by atoms with Crippen molar-refractivity contribution in [2.24, 2.45) is 0 Å². The van der Waals surface area contributed by atoms with Gasteiger partial charge in [-0.05, 0) is 29.3 Å². The third-order valence-corrected chi connectivity index (χ3v) is 4.01. The number of esters is 1. The zero-order valence-electron chi connectivity index (χ0n) is 12.1. The number of halogens is 2. The first-order valence-electron chi connectivity index (χ1n) is 6.74. The van der Waals surface area contributed by atoms with Gasteiger partial charge < -0.3 is 9.47 Å². The molecule has 2 aromatic carbocycles. The van der Waals surface area contributed by atoms with Gasteiger partial charge >= 0.3 is 5.97 Å². The van der Waals surface area contributed by atoms with Gasteiger partial charge in [0.1, 0.15) is 12.4 Å². The lowest BCUT2D eigenvalue weighted by Gasteiger charge is -2.12. The number of methoxy groups -OCH3 is 1. The molecule has 0 N–H and O–H groups in total. The summed E-state index contributed by atoms with van der Waals surface area (Å²) in [5, 5.41) is 1.36. The molecular weight excluding hydrogens is 368 g/mol. The lowest BCUT2D eigenvalue weighted by molar-refractivity contribution is -0.139. The molecule has 0 amide bonds. The van der Waals surface area contributed by atoms with Crippen molar-refractivity contribution in [2.75, 3.05) is 7.11 Å². The first kappa shape index (κ1) is 16.8. The topological polar surface area (TPSA) is 35.5 Å². The molecule has 0 saturated heterocycles. The standard InChI is InChI=1S/C17H16BrClO3/c1-21-17(20)9-13-4-7-16(14(8-13)10-18)22-11-12-2-5-15(19)6-3-12/h2-8H,9-11H2,1H3. The molecule has 0 saturated carbocycles. The second kappa shape index (κ2) is 8.20. The van der Waals surface area contributed by atoms with E-state index in [4.69, 9.17) is 16.3 Å². The third kappa shape index (κ3) is 4.75. The number of rotatable bonds is 6. The van der Waals surface area contributed by atoms with Crippen LogP contribution in [0.25, 0.3) is 0 Å². The number of carbonyl (C=O) groups is 1. The molecule has 0 unspecified atom stereocenters. The van der Waals surface area contributed by atoms with Crippen molar-refractivity contribution < 1.29 is 14.3 Å². The summed E-state index contributed by atoms with van der Waals surface area (Å²) >= 11 is 9.31. The van der Waals surface area contributed by atoms with Crippen LogP contribution < -0.4 is 4.74 Å². The summed E-state index contributed by atoms with van der Waals surface area (Å²) in [6.07, 6.45) is 0.258. The molecule has 5 heteroatoms. The number of ether oxygens (including phenoxy) is 2. The maximum atomic E-state index is 11.3. The van der Waals surface area contributed by atoms with Crippen LogP contribution in [0, 0.1) is 0 Å². The molecule has 22 heavy (non-hydrogen) atoms. The summed E-state index contributed by atoms with van der Waals surface area (Å²) in [6, 6.07) is 13.2. The Morgan fingerprint density at radius 2 is 1.82 bits per heavy atom. The van der Waals surface area contributed by atoms with E-state index in [-0.39, 0.29) is 12.4 Å². The van der Waals surface area contributed by atoms with Gasteiger partial charge in [-0.2, -0.15) is 0 Å². The van der Waals surface area contributed by atoms with Gasteiger partial charge in [0.25, 0.3) is 0 Å². The van der Waals surface area contributed by atoms with Crippen LogP contribution in [0.5, 0.6) is 5.75 Å². The Morgan fingerprint density at radius 1 is 1.14 bits per heavy atom. The van der Waals surface area contributed by atoms with Crippen molar-refractivity contribution in [1.82, 2.24) is 0 Å². The highest BCUT2D eigenvalue weighted by atomic mass is 79.9. The average molecular weight is 384 g/mol. The largest absolute Gasteiger partial charge is 0.489 e. The van der Waals surface area contributed by atoms with E-state index in [0.717, 1.165) is 22.4 Å². The lowest BCUT2D eigenvalue weighted by atomic mass is 10.1. The van der Waals surface area contributed by atoms with Crippen molar-refractivity contribution >= 4 is 33.5 Å². The van der Waals surface area contributed by atoms with Gasteiger partial charge in [-0.3, -0.25) is 4.79 Å². The van der Waals surface area contributed by atoms with E-state index in [1.807, 2.05) is 42.5 Å². The highest BCUT2D eigenvalue weighted by molar-refractivity contribution is 9.08. The number of alkyl halides is 1. The average Bonchev–Trinajstić information content (AvgIpc) is 2.54. The van der Waals surface area contributed by atoms with E-state index in [1.165, 1.54) is 7.11 Å². The smallest absolute Gasteiger partial charge is 0.309 e. The molecule has 0 aliphatic rings. The van der Waals surface area contributed by atoms with Crippen molar-refractivity contribution in [3.05, 3.63) is 64.2 Å². The van der Waals surface area contributed by atoms with Crippen LogP contribution in [0.3, 0.4) is 0 Å². The van der Waals surface area contributed by atoms with Crippen molar-refractivity contribution in [2.45, 2.75) is 18.4 Å². The quantitative estimate of drug-likeness (QED) is 0.543. The van der Waals surface area contributed by atoms with Crippen LogP contribution >= 0.6 is 27.5 Å². The molecule has 0 bridgehead atoms. The molecule has 2 aromatic rings. The Kier molecular flexibility index (Phi) is 6.28. The first-order valence-corrected chi connectivity index (χ1v) is 8.24. The van der Waals surface area contributed by atoms with Gasteiger partial charge in [-0.15, -0.1) is 0 Å². The summed E-state index contributed by atoms with van der Waals surface area (Å²) in [4.78, 5) is 11.3. The minimum atomic E-state index is -0.254. The normalized spacial score (nSPS) is 10.3. The van der Waals surface area contributed by atoms with Gasteiger partial charge in [0.2, 0.25) is 0 Å². The molecule has 3 nitrogen and oxygen atoms in total. The molecule has 2 rings (SSSR count). The van der Waals surface area contributed by atoms with Gasteiger partial charge in [0.05, 0.1) is 13.5 Å². The van der Waals surface area contributed by atoms with E-state index in [1.54, 1.807) is 0 Å². The first-order chi connectivity index (χ1) is 10.6. The van der Waals surface area contributed by atoms with Gasteiger partial charge in [-0.25, -0.2) is 0 Å².